The summed E-state index contributed by atoms with van der Waals surface area (Å²) in [6, 6.07) is 0. The molecule has 0 aliphatic heterocycles. The lowest BCUT2D eigenvalue weighted by molar-refractivity contribution is 0.00946. The third-order valence-electron chi connectivity index (χ3n) is 3.28. The van der Waals surface area contributed by atoms with Crippen LogP contribution < -0.4 is 4.74 Å². The Kier molecular flexibility index (Phi) is 4.90. The highest BCUT2D eigenvalue weighted by Crippen LogP contribution is 2.27. The third kappa shape index (κ3) is 2.56. The van der Waals surface area contributed by atoms with Crippen molar-refractivity contribution < 1.29 is 14.3 Å². The number of rotatable bonds is 7. The van der Waals surface area contributed by atoms with Gasteiger partial charge in [0.25, 0.3) is 0 Å². The Balaban J connectivity index is 3.21. The molecule has 1 heterocycles. The molecule has 18 heavy (non-hydrogen) atoms. The molecule has 1 unspecified atom stereocenters. The van der Waals surface area contributed by atoms with Gasteiger partial charge in [-0.2, -0.15) is 5.10 Å². The van der Waals surface area contributed by atoms with Crippen molar-refractivity contribution in [2.75, 3.05) is 14.2 Å². The Hall–Kier alpha value is -1.36. The smallest absolute Gasteiger partial charge is 0.216 e. The maximum Gasteiger partial charge on any atom is 0.216 e. The number of carbonyl (C=O) groups is 1. The SMILES string of the molecule is CCCn1ncc(OC)c1C(=O)C(C)(CC)OC. The molecule has 0 spiro atoms. The highest BCUT2D eigenvalue weighted by Gasteiger charge is 2.36. The molecule has 0 N–H and O–H groups in total. The van der Waals surface area contributed by atoms with Crippen molar-refractivity contribution in [3.05, 3.63) is 11.9 Å². The van der Waals surface area contributed by atoms with Crippen LogP contribution in [0.3, 0.4) is 0 Å². The fraction of sp³-hybridized carbons (Fsp3) is 0.692. The van der Waals surface area contributed by atoms with Gasteiger partial charge in [0.2, 0.25) is 5.78 Å². The van der Waals surface area contributed by atoms with Crippen LogP contribution in [-0.4, -0.2) is 35.4 Å². The third-order valence-corrected chi connectivity index (χ3v) is 3.28. The number of nitrogens with zero attached hydrogens (tertiary/aromatic N) is 2. The maximum atomic E-state index is 12.6. The Bertz CT molecular complexity index is 408. The number of hydrogen-bond donors (Lipinski definition) is 0. The van der Waals surface area contributed by atoms with E-state index in [1.165, 1.54) is 0 Å². The number of methoxy groups -OCH3 is 2. The summed E-state index contributed by atoms with van der Waals surface area (Å²) in [6.07, 6.45) is 3.08. The standard InChI is InChI=1S/C13H22N2O3/c1-6-8-15-11(10(17-4)9-14-15)12(16)13(3,7-2)18-5/h9H,6-8H2,1-5H3. The van der Waals surface area contributed by atoms with Crippen LogP contribution >= 0.6 is 0 Å². The summed E-state index contributed by atoms with van der Waals surface area (Å²) in [6.45, 7) is 6.44. The normalized spacial score (nSPS) is 14.3. The summed E-state index contributed by atoms with van der Waals surface area (Å²) >= 11 is 0. The van der Waals surface area contributed by atoms with Crippen molar-refractivity contribution >= 4 is 5.78 Å². The van der Waals surface area contributed by atoms with Crippen LogP contribution in [0, 0.1) is 0 Å². The molecule has 0 aliphatic rings. The van der Waals surface area contributed by atoms with Crippen LogP contribution in [0.4, 0.5) is 0 Å². The van der Waals surface area contributed by atoms with Crippen LogP contribution in [0.25, 0.3) is 0 Å². The van der Waals surface area contributed by atoms with Crippen LogP contribution in [0.5, 0.6) is 5.75 Å². The van der Waals surface area contributed by atoms with Crippen molar-refractivity contribution in [1.29, 1.82) is 0 Å². The first-order valence-corrected chi connectivity index (χ1v) is 6.23. The van der Waals surface area contributed by atoms with E-state index in [0.29, 0.717) is 24.4 Å². The molecule has 1 rings (SSSR count). The predicted octanol–water partition coefficient (Wildman–Crippen LogP) is 2.30. The number of Topliss-reactive ketones (excluding diaryl/α,β-unsaturated/α-hetero) is 1. The minimum Gasteiger partial charge on any atom is -0.493 e. The second-order valence-electron chi connectivity index (χ2n) is 4.40. The average molecular weight is 254 g/mol. The zero-order valence-electron chi connectivity index (χ0n) is 11.8. The number of ether oxygens (including phenoxy) is 2. The monoisotopic (exact) mass is 254 g/mol. The first-order chi connectivity index (χ1) is 8.53. The van der Waals surface area contributed by atoms with Gasteiger partial charge >= 0.3 is 0 Å². The van der Waals surface area contributed by atoms with E-state index < -0.39 is 5.60 Å². The van der Waals surface area contributed by atoms with Gasteiger partial charge in [-0.15, -0.1) is 0 Å². The zero-order valence-corrected chi connectivity index (χ0v) is 11.8. The molecular weight excluding hydrogens is 232 g/mol. The van der Waals surface area contributed by atoms with E-state index in [4.69, 9.17) is 9.47 Å². The van der Waals surface area contributed by atoms with Gasteiger partial charge in [-0.25, -0.2) is 0 Å². The summed E-state index contributed by atoms with van der Waals surface area (Å²) in [5, 5.41) is 4.20. The average Bonchev–Trinajstić information content (AvgIpc) is 2.80. The Morgan fingerprint density at radius 2 is 2.11 bits per heavy atom. The number of aromatic nitrogens is 2. The van der Waals surface area contributed by atoms with Gasteiger partial charge < -0.3 is 9.47 Å². The van der Waals surface area contributed by atoms with Crippen molar-refractivity contribution in [3.8, 4) is 5.75 Å². The molecule has 1 aromatic rings. The van der Waals surface area contributed by atoms with Gasteiger partial charge in [-0.1, -0.05) is 13.8 Å². The molecule has 0 radical (unpaired) electrons. The van der Waals surface area contributed by atoms with Crippen molar-refractivity contribution in [2.24, 2.45) is 0 Å². The second kappa shape index (κ2) is 6.00. The Morgan fingerprint density at radius 3 is 2.56 bits per heavy atom. The van der Waals surface area contributed by atoms with Crippen LogP contribution in [0.1, 0.15) is 44.1 Å². The molecule has 0 amide bonds. The molecule has 0 bridgehead atoms. The Morgan fingerprint density at radius 1 is 1.44 bits per heavy atom. The van der Waals surface area contributed by atoms with Gasteiger partial charge in [-0.05, 0) is 19.8 Å². The first kappa shape index (κ1) is 14.7. The molecule has 5 nitrogen and oxygen atoms in total. The fourth-order valence-electron chi connectivity index (χ4n) is 1.78. The molecule has 0 fully saturated rings. The summed E-state index contributed by atoms with van der Waals surface area (Å²) in [5.74, 6) is 0.417. The van der Waals surface area contributed by atoms with E-state index in [-0.39, 0.29) is 5.78 Å². The second-order valence-corrected chi connectivity index (χ2v) is 4.40. The summed E-state index contributed by atoms with van der Waals surface area (Å²) in [7, 11) is 3.09. The van der Waals surface area contributed by atoms with E-state index >= 15 is 0 Å². The molecular formula is C13H22N2O3. The largest absolute Gasteiger partial charge is 0.493 e. The maximum absolute atomic E-state index is 12.6. The van der Waals surface area contributed by atoms with E-state index in [9.17, 15) is 4.79 Å². The van der Waals surface area contributed by atoms with Crippen molar-refractivity contribution in [1.82, 2.24) is 9.78 Å². The highest BCUT2D eigenvalue weighted by atomic mass is 16.5. The van der Waals surface area contributed by atoms with E-state index in [1.54, 1.807) is 32.0 Å². The molecule has 0 saturated heterocycles. The molecule has 0 saturated carbocycles. The summed E-state index contributed by atoms with van der Waals surface area (Å²) in [5.41, 5.74) is -0.343. The number of hydrogen-bond acceptors (Lipinski definition) is 4. The topological polar surface area (TPSA) is 53.4 Å². The van der Waals surface area contributed by atoms with E-state index in [1.807, 2.05) is 13.8 Å². The molecule has 1 atom stereocenters. The van der Waals surface area contributed by atoms with Crippen LogP contribution in [0.2, 0.25) is 0 Å². The summed E-state index contributed by atoms with van der Waals surface area (Å²) < 4.78 is 12.3. The lowest BCUT2D eigenvalue weighted by Crippen LogP contribution is -2.38. The zero-order chi connectivity index (χ0) is 13.8. The number of ketones is 1. The van der Waals surface area contributed by atoms with Crippen molar-refractivity contribution in [2.45, 2.75) is 45.8 Å². The predicted molar refractivity (Wildman–Crippen MR) is 69.1 cm³/mol. The van der Waals surface area contributed by atoms with E-state index in [2.05, 4.69) is 5.10 Å². The quantitative estimate of drug-likeness (QED) is 0.701. The molecule has 0 aromatic carbocycles. The fourth-order valence-corrected chi connectivity index (χ4v) is 1.78. The highest BCUT2D eigenvalue weighted by molar-refractivity contribution is 6.03. The Labute approximate surface area is 108 Å². The number of carbonyl (C=O) groups excluding carboxylic acids is 1. The van der Waals surface area contributed by atoms with Gasteiger partial charge in [0.05, 0.1) is 13.3 Å². The number of aryl methyl sites for hydroxylation is 1. The van der Waals surface area contributed by atoms with Gasteiger partial charge in [0.15, 0.2) is 5.75 Å². The van der Waals surface area contributed by atoms with Gasteiger partial charge in [-0.3, -0.25) is 9.48 Å². The summed E-state index contributed by atoms with van der Waals surface area (Å²) in [4.78, 5) is 12.6. The molecule has 102 valence electrons. The lowest BCUT2D eigenvalue weighted by Gasteiger charge is -2.25. The first-order valence-electron chi connectivity index (χ1n) is 6.23. The minimum absolute atomic E-state index is 0.0877. The van der Waals surface area contributed by atoms with Gasteiger partial charge in [0.1, 0.15) is 11.3 Å². The molecule has 0 aliphatic carbocycles. The molecule has 1 aromatic heterocycles. The molecule has 5 heteroatoms. The van der Waals surface area contributed by atoms with Crippen LogP contribution in [-0.2, 0) is 11.3 Å². The van der Waals surface area contributed by atoms with Crippen molar-refractivity contribution in [3.63, 3.8) is 0 Å². The minimum atomic E-state index is -0.835. The van der Waals surface area contributed by atoms with E-state index in [0.717, 1.165) is 6.42 Å². The van der Waals surface area contributed by atoms with Gasteiger partial charge in [0, 0.05) is 13.7 Å². The van der Waals surface area contributed by atoms with Crippen LogP contribution in [0.15, 0.2) is 6.20 Å². The lowest BCUT2D eigenvalue weighted by atomic mass is 9.94.